The Morgan fingerprint density at radius 3 is 2.55 bits per heavy atom. The lowest BCUT2D eigenvalue weighted by Gasteiger charge is -2.31. The number of hydrogen-bond acceptors (Lipinski definition) is 6. The van der Waals surface area contributed by atoms with Gasteiger partial charge in [-0.2, -0.15) is 0 Å². The number of carbonyl (C=O) groups excluding carboxylic acids is 2. The molecule has 33 heavy (non-hydrogen) atoms. The fourth-order valence-electron chi connectivity index (χ4n) is 4.09. The summed E-state index contributed by atoms with van der Waals surface area (Å²) < 4.78 is 11.1. The molecule has 1 aromatic rings. The van der Waals surface area contributed by atoms with Crippen LogP contribution in [0.2, 0.25) is 0 Å². The van der Waals surface area contributed by atoms with E-state index in [0.717, 1.165) is 11.1 Å². The fraction of sp³-hybridized carbons (Fsp3) is 0.593. The van der Waals surface area contributed by atoms with Gasteiger partial charge in [0.1, 0.15) is 23.8 Å². The number of aryl methyl sites for hydroxylation is 1. The van der Waals surface area contributed by atoms with E-state index in [9.17, 15) is 14.7 Å². The van der Waals surface area contributed by atoms with Gasteiger partial charge in [-0.05, 0) is 44.3 Å². The van der Waals surface area contributed by atoms with Crippen molar-refractivity contribution in [2.24, 2.45) is 17.3 Å². The Kier molecular flexibility index (Phi) is 9.41. The SMILES string of the molecule is CC1=C/C[C@@H](/C(C)=C/c2coc(C)n2)OC(=O)CCC(C)(C)C(=O)[C@H](C)[C@@H](O)[C@@H](C)C\C=C\1. The predicted octanol–water partition coefficient (Wildman–Crippen LogP) is 5.60. The van der Waals surface area contributed by atoms with Crippen LogP contribution in [0, 0.1) is 24.2 Å². The van der Waals surface area contributed by atoms with Crippen LogP contribution in [-0.2, 0) is 14.3 Å². The molecule has 2 heterocycles. The summed E-state index contributed by atoms with van der Waals surface area (Å²) in [5.74, 6) is -0.361. The van der Waals surface area contributed by atoms with E-state index >= 15 is 0 Å². The van der Waals surface area contributed by atoms with Gasteiger partial charge in [-0.1, -0.05) is 51.5 Å². The van der Waals surface area contributed by atoms with E-state index in [1.54, 1.807) is 20.1 Å². The number of Topliss-reactive ketones (excluding diaryl/α,β-unsaturated/α-hetero) is 1. The van der Waals surface area contributed by atoms with Crippen molar-refractivity contribution >= 4 is 17.8 Å². The second kappa shape index (κ2) is 11.6. The first kappa shape index (κ1) is 26.8. The number of allylic oxidation sites excluding steroid dienone is 3. The van der Waals surface area contributed by atoms with E-state index in [1.807, 2.05) is 58.9 Å². The molecular formula is C27H39NO5. The van der Waals surface area contributed by atoms with Crippen molar-refractivity contribution in [3.05, 3.63) is 47.2 Å². The maximum Gasteiger partial charge on any atom is 0.306 e. The summed E-state index contributed by atoms with van der Waals surface area (Å²) in [7, 11) is 0. The molecule has 2 rings (SSSR count). The fourth-order valence-corrected chi connectivity index (χ4v) is 4.09. The van der Waals surface area contributed by atoms with Gasteiger partial charge in [0.25, 0.3) is 0 Å². The molecule has 0 spiro atoms. The second-order valence-corrected chi connectivity index (χ2v) is 9.98. The van der Waals surface area contributed by atoms with E-state index < -0.39 is 23.5 Å². The average molecular weight is 458 g/mol. The number of aromatic nitrogens is 1. The van der Waals surface area contributed by atoms with Crippen molar-refractivity contribution in [1.82, 2.24) is 4.98 Å². The third kappa shape index (κ3) is 7.81. The van der Waals surface area contributed by atoms with Crippen LogP contribution in [0.5, 0.6) is 0 Å². The second-order valence-electron chi connectivity index (χ2n) is 9.98. The van der Waals surface area contributed by atoms with Crippen LogP contribution in [0.1, 0.15) is 78.8 Å². The molecular weight excluding hydrogens is 418 g/mol. The Labute approximate surface area is 197 Å². The minimum Gasteiger partial charge on any atom is -0.457 e. The highest BCUT2D eigenvalue weighted by Crippen LogP contribution is 2.31. The summed E-state index contributed by atoms with van der Waals surface area (Å²) in [5.41, 5.74) is 1.86. The molecule has 0 fully saturated rings. The standard InChI is InChI=1S/C27H39NO5/c1-17-9-8-10-18(2)25(30)20(4)26(31)27(6,7)14-13-24(29)33-23(12-11-17)19(3)15-22-16-32-21(5)28-22/h8-9,11,15-16,18,20,23,25,30H,10,12-14H2,1-7H3/b9-8+,17-11-,19-15+/t18-,20+,23-,25-/m0/s1. The van der Waals surface area contributed by atoms with Gasteiger partial charge in [0.05, 0.1) is 6.10 Å². The summed E-state index contributed by atoms with van der Waals surface area (Å²) in [6, 6.07) is 0. The molecule has 4 atom stereocenters. The zero-order chi connectivity index (χ0) is 24.8. The molecule has 0 amide bonds. The van der Waals surface area contributed by atoms with Crippen LogP contribution in [-0.4, -0.2) is 34.1 Å². The van der Waals surface area contributed by atoms with Gasteiger partial charge in [-0.3, -0.25) is 9.59 Å². The average Bonchev–Trinajstić information content (AvgIpc) is 3.17. The summed E-state index contributed by atoms with van der Waals surface area (Å²) in [6.07, 6.45) is 10.0. The Balaban J connectivity index is 2.32. The quantitative estimate of drug-likeness (QED) is 0.581. The molecule has 182 valence electrons. The smallest absolute Gasteiger partial charge is 0.306 e. The zero-order valence-electron chi connectivity index (χ0n) is 21.1. The number of aliphatic hydroxyl groups is 1. The van der Waals surface area contributed by atoms with Crippen molar-refractivity contribution < 1.29 is 23.8 Å². The highest BCUT2D eigenvalue weighted by atomic mass is 16.5. The molecule has 0 radical (unpaired) electrons. The molecule has 6 heteroatoms. The molecule has 0 aromatic carbocycles. The molecule has 0 unspecified atom stereocenters. The first-order valence-electron chi connectivity index (χ1n) is 11.8. The van der Waals surface area contributed by atoms with Crippen molar-refractivity contribution in [3.8, 4) is 0 Å². The van der Waals surface area contributed by atoms with Gasteiger partial charge in [0.15, 0.2) is 5.89 Å². The largest absolute Gasteiger partial charge is 0.457 e. The number of ether oxygens (including phenoxy) is 1. The first-order chi connectivity index (χ1) is 15.4. The number of ketones is 1. The lowest BCUT2D eigenvalue weighted by Crippen LogP contribution is -2.39. The van der Waals surface area contributed by atoms with Gasteiger partial charge >= 0.3 is 5.97 Å². The molecule has 1 aliphatic heterocycles. The van der Waals surface area contributed by atoms with Crippen LogP contribution in [0.3, 0.4) is 0 Å². The highest BCUT2D eigenvalue weighted by Gasteiger charge is 2.36. The minimum absolute atomic E-state index is 0.0316. The lowest BCUT2D eigenvalue weighted by molar-refractivity contribution is -0.148. The molecule has 6 nitrogen and oxygen atoms in total. The zero-order valence-corrected chi connectivity index (χ0v) is 21.1. The van der Waals surface area contributed by atoms with Crippen molar-refractivity contribution in [2.45, 2.75) is 86.4 Å². The molecule has 1 N–H and O–H groups in total. The first-order valence-corrected chi connectivity index (χ1v) is 11.8. The van der Waals surface area contributed by atoms with Gasteiger partial charge in [-0.25, -0.2) is 4.98 Å². The third-order valence-corrected chi connectivity index (χ3v) is 6.47. The van der Waals surface area contributed by atoms with Crippen LogP contribution in [0.4, 0.5) is 0 Å². The van der Waals surface area contributed by atoms with Crippen LogP contribution >= 0.6 is 0 Å². The number of carbonyl (C=O) groups is 2. The summed E-state index contributed by atoms with van der Waals surface area (Å²) >= 11 is 0. The normalized spacial score (nSPS) is 30.9. The molecule has 0 aliphatic carbocycles. The van der Waals surface area contributed by atoms with Crippen molar-refractivity contribution in [2.75, 3.05) is 0 Å². The van der Waals surface area contributed by atoms with Crippen LogP contribution in [0.15, 0.2) is 40.1 Å². The Bertz CT molecular complexity index is 921. The number of cyclic esters (lactones) is 1. The van der Waals surface area contributed by atoms with Gasteiger partial charge in [-0.15, -0.1) is 0 Å². The number of hydrogen-bond donors (Lipinski definition) is 1. The molecule has 1 aromatic heterocycles. The Morgan fingerprint density at radius 1 is 1.21 bits per heavy atom. The minimum atomic E-state index is -0.735. The number of rotatable bonds is 2. The number of oxazole rings is 1. The third-order valence-electron chi connectivity index (χ3n) is 6.47. The topological polar surface area (TPSA) is 89.6 Å². The van der Waals surface area contributed by atoms with Crippen molar-refractivity contribution in [3.63, 3.8) is 0 Å². The number of nitrogens with zero attached hydrogens (tertiary/aromatic N) is 1. The molecule has 0 saturated carbocycles. The summed E-state index contributed by atoms with van der Waals surface area (Å²) in [6.45, 7) is 13.1. The van der Waals surface area contributed by atoms with Crippen LogP contribution in [0.25, 0.3) is 6.08 Å². The summed E-state index contributed by atoms with van der Waals surface area (Å²) in [4.78, 5) is 30.1. The molecule has 1 aliphatic rings. The van der Waals surface area contributed by atoms with Gasteiger partial charge < -0.3 is 14.3 Å². The molecule has 0 saturated heterocycles. The molecule has 0 bridgehead atoms. The van der Waals surface area contributed by atoms with Crippen molar-refractivity contribution in [1.29, 1.82) is 0 Å². The number of aliphatic hydroxyl groups excluding tert-OH is 1. The lowest BCUT2D eigenvalue weighted by atomic mass is 9.74. The van der Waals surface area contributed by atoms with E-state index in [4.69, 9.17) is 9.15 Å². The summed E-state index contributed by atoms with van der Waals surface area (Å²) in [5, 5.41) is 10.7. The maximum absolute atomic E-state index is 13.1. The monoisotopic (exact) mass is 457 g/mol. The number of esters is 1. The van der Waals surface area contributed by atoms with E-state index in [2.05, 4.69) is 4.98 Å². The highest BCUT2D eigenvalue weighted by molar-refractivity contribution is 5.87. The van der Waals surface area contributed by atoms with Gasteiger partial charge in [0.2, 0.25) is 0 Å². The van der Waals surface area contributed by atoms with Crippen LogP contribution < -0.4 is 0 Å². The van der Waals surface area contributed by atoms with E-state index in [1.165, 1.54) is 0 Å². The predicted molar refractivity (Wildman–Crippen MR) is 129 cm³/mol. The van der Waals surface area contributed by atoms with E-state index in [0.29, 0.717) is 30.8 Å². The van der Waals surface area contributed by atoms with Gasteiger partial charge in [0, 0.05) is 31.1 Å². The Hall–Kier alpha value is -2.47. The van der Waals surface area contributed by atoms with E-state index in [-0.39, 0.29) is 24.1 Å². The Morgan fingerprint density at radius 2 is 1.91 bits per heavy atom. The maximum atomic E-state index is 13.1.